The first-order valence-corrected chi connectivity index (χ1v) is 5.07. The van der Waals surface area contributed by atoms with Crippen molar-refractivity contribution < 1.29 is 29.3 Å². The van der Waals surface area contributed by atoms with E-state index in [2.05, 4.69) is 4.74 Å². The monoisotopic (exact) mass is 240 g/mol. The van der Waals surface area contributed by atoms with Gasteiger partial charge < -0.3 is 19.7 Å². The highest BCUT2D eigenvalue weighted by molar-refractivity contribution is 6.05. The minimum Gasteiger partial charge on any atom is -0.471 e. The molecule has 0 aromatic rings. The normalized spacial score (nSPS) is 31.2. The van der Waals surface area contributed by atoms with E-state index < -0.39 is 24.1 Å². The quantitative estimate of drug-likeness (QED) is 0.609. The van der Waals surface area contributed by atoms with Gasteiger partial charge in [0.25, 0.3) is 0 Å². The molecule has 1 aliphatic heterocycles. The Hall–Kier alpha value is -1.66. The van der Waals surface area contributed by atoms with Crippen LogP contribution in [0.1, 0.15) is 0 Å². The van der Waals surface area contributed by atoms with Crippen LogP contribution >= 0.6 is 0 Å². The van der Waals surface area contributed by atoms with Gasteiger partial charge in [-0.2, -0.15) is 0 Å². The summed E-state index contributed by atoms with van der Waals surface area (Å²) in [7, 11) is 1.20. The molecule has 3 atom stereocenters. The van der Waals surface area contributed by atoms with Crippen LogP contribution in [0.3, 0.4) is 0 Å². The number of carbonyl (C=O) groups excluding carboxylic acids is 2. The van der Waals surface area contributed by atoms with Gasteiger partial charge in [-0.15, -0.1) is 0 Å². The zero-order chi connectivity index (χ0) is 12.6. The van der Waals surface area contributed by atoms with Gasteiger partial charge >= 0.3 is 5.97 Å². The molecule has 2 rings (SSSR count). The number of fused-ring (bicyclic) bond motifs is 1. The third-order valence-corrected chi connectivity index (χ3v) is 3.00. The van der Waals surface area contributed by atoms with Gasteiger partial charge in [0.15, 0.2) is 5.78 Å². The SMILES string of the molecule is COC(=O)C1=COC(O)C2C(CO)=CC(=O)C12. The van der Waals surface area contributed by atoms with Crippen molar-refractivity contribution in [3.05, 3.63) is 23.5 Å². The van der Waals surface area contributed by atoms with E-state index in [1.165, 1.54) is 13.2 Å². The van der Waals surface area contributed by atoms with Gasteiger partial charge in [-0.1, -0.05) is 0 Å². The molecule has 0 spiro atoms. The Morgan fingerprint density at radius 1 is 1.59 bits per heavy atom. The molecule has 1 aliphatic carbocycles. The lowest BCUT2D eigenvalue weighted by atomic mass is 9.83. The lowest BCUT2D eigenvalue weighted by Crippen LogP contribution is -2.38. The van der Waals surface area contributed by atoms with E-state index in [4.69, 9.17) is 9.84 Å². The van der Waals surface area contributed by atoms with E-state index in [0.717, 1.165) is 6.26 Å². The van der Waals surface area contributed by atoms with Crippen molar-refractivity contribution in [2.24, 2.45) is 11.8 Å². The van der Waals surface area contributed by atoms with Gasteiger partial charge in [-0.25, -0.2) is 4.79 Å². The molecular weight excluding hydrogens is 228 g/mol. The second-order valence-electron chi connectivity index (χ2n) is 3.87. The van der Waals surface area contributed by atoms with Crippen LogP contribution in [0.15, 0.2) is 23.5 Å². The van der Waals surface area contributed by atoms with Crippen LogP contribution in [0.2, 0.25) is 0 Å². The summed E-state index contributed by atoms with van der Waals surface area (Å²) in [4.78, 5) is 23.2. The van der Waals surface area contributed by atoms with Gasteiger partial charge in [0.2, 0.25) is 6.29 Å². The van der Waals surface area contributed by atoms with Crippen molar-refractivity contribution in [3.63, 3.8) is 0 Å². The molecule has 92 valence electrons. The maximum absolute atomic E-state index is 11.8. The lowest BCUT2D eigenvalue weighted by Gasteiger charge is -2.30. The molecule has 1 heterocycles. The highest BCUT2D eigenvalue weighted by Gasteiger charge is 2.47. The first kappa shape index (κ1) is 11.8. The van der Waals surface area contributed by atoms with Crippen molar-refractivity contribution >= 4 is 11.8 Å². The Morgan fingerprint density at radius 2 is 2.29 bits per heavy atom. The highest BCUT2D eigenvalue weighted by Crippen LogP contribution is 2.40. The molecule has 0 saturated heterocycles. The van der Waals surface area contributed by atoms with Crippen LogP contribution in [-0.2, 0) is 19.1 Å². The molecule has 0 radical (unpaired) electrons. The Kier molecular flexibility index (Phi) is 2.99. The molecule has 6 nitrogen and oxygen atoms in total. The number of hydrogen-bond donors (Lipinski definition) is 2. The first-order chi connectivity index (χ1) is 8.10. The summed E-state index contributed by atoms with van der Waals surface area (Å²) in [6.07, 6.45) is 1.05. The van der Waals surface area contributed by atoms with Crippen LogP contribution in [0.5, 0.6) is 0 Å². The molecule has 0 amide bonds. The summed E-state index contributed by atoms with van der Waals surface area (Å²) in [6.45, 7) is -0.359. The molecule has 0 bridgehead atoms. The van der Waals surface area contributed by atoms with Gasteiger partial charge in [-0.05, 0) is 11.6 Å². The fourth-order valence-electron chi connectivity index (χ4n) is 2.20. The van der Waals surface area contributed by atoms with Crippen molar-refractivity contribution in [2.75, 3.05) is 13.7 Å². The molecule has 0 fully saturated rings. The van der Waals surface area contributed by atoms with Crippen LogP contribution in [-0.4, -0.2) is 42.0 Å². The molecular formula is C11H12O6. The third-order valence-electron chi connectivity index (χ3n) is 3.00. The van der Waals surface area contributed by atoms with Gasteiger partial charge in [0, 0.05) is 0 Å². The van der Waals surface area contributed by atoms with E-state index >= 15 is 0 Å². The number of carbonyl (C=O) groups is 2. The second kappa shape index (κ2) is 4.31. The van der Waals surface area contributed by atoms with E-state index in [1.807, 2.05) is 0 Å². The number of allylic oxidation sites excluding steroid dienone is 1. The molecule has 6 heteroatoms. The summed E-state index contributed by atoms with van der Waals surface area (Å²) < 4.78 is 9.44. The summed E-state index contributed by atoms with van der Waals surface area (Å²) >= 11 is 0. The van der Waals surface area contributed by atoms with E-state index in [0.29, 0.717) is 5.57 Å². The predicted molar refractivity (Wildman–Crippen MR) is 54.3 cm³/mol. The zero-order valence-electron chi connectivity index (χ0n) is 9.12. The summed E-state index contributed by atoms with van der Waals surface area (Å²) in [6, 6.07) is 0. The number of ketones is 1. The van der Waals surface area contributed by atoms with E-state index in [9.17, 15) is 14.7 Å². The largest absolute Gasteiger partial charge is 0.471 e. The molecule has 17 heavy (non-hydrogen) atoms. The van der Waals surface area contributed by atoms with Crippen molar-refractivity contribution in [2.45, 2.75) is 6.29 Å². The number of aliphatic hydroxyl groups excluding tert-OH is 2. The minimum absolute atomic E-state index is 0.0625. The number of aliphatic hydroxyl groups is 2. The smallest absolute Gasteiger partial charge is 0.337 e. The molecule has 0 aromatic carbocycles. The molecule has 2 N–H and O–H groups in total. The zero-order valence-corrected chi connectivity index (χ0v) is 9.12. The summed E-state index contributed by atoms with van der Waals surface area (Å²) in [5.41, 5.74) is 0.425. The number of rotatable bonds is 2. The average Bonchev–Trinajstić information content (AvgIpc) is 2.67. The van der Waals surface area contributed by atoms with Crippen LogP contribution in [0, 0.1) is 11.8 Å². The summed E-state index contributed by atoms with van der Waals surface area (Å²) in [5.74, 6) is -2.55. The molecule has 3 unspecified atom stereocenters. The van der Waals surface area contributed by atoms with Crippen molar-refractivity contribution in [3.8, 4) is 0 Å². The summed E-state index contributed by atoms with van der Waals surface area (Å²) in [5, 5.41) is 18.7. The molecule has 0 saturated carbocycles. The standard InChI is InChI=1S/C11H12O6/c1-16-10(14)6-4-17-11(15)8-5(3-12)2-7(13)9(6)8/h2,4,8-9,11-12,15H,3H2,1H3. The second-order valence-corrected chi connectivity index (χ2v) is 3.87. The Bertz CT molecular complexity index is 422. The van der Waals surface area contributed by atoms with E-state index in [-0.39, 0.29) is 18.0 Å². The Morgan fingerprint density at radius 3 is 2.88 bits per heavy atom. The molecule has 0 aromatic heterocycles. The lowest BCUT2D eigenvalue weighted by molar-refractivity contribution is -0.145. The number of hydrogen-bond acceptors (Lipinski definition) is 6. The predicted octanol–water partition coefficient (Wildman–Crippen LogP) is -0.874. The van der Waals surface area contributed by atoms with Crippen LogP contribution in [0.4, 0.5) is 0 Å². The number of methoxy groups -OCH3 is 1. The average molecular weight is 240 g/mol. The minimum atomic E-state index is -1.24. The van der Waals surface area contributed by atoms with Crippen molar-refractivity contribution in [1.82, 2.24) is 0 Å². The van der Waals surface area contributed by atoms with Gasteiger partial charge in [0.05, 0.1) is 37.4 Å². The Labute approximate surface area is 97.1 Å². The fraction of sp³-hybridized carbons (Fsp3) is 0.455. The maximum atomic E-state index is 11.8. The Balaban J connectivity index is 2.38. The first-order valence-electron chi connectivity index (χ1n) is 5.07. The van der Waals surface area contributed by atoms with Gasteiger partial charge in [0.1, 0.15) is 0 Å². The van der Waals surface area contributed by atoms with Gasteiger partial charge in [-0.3, -0.25) is 4.79 Å². The van der Waals surface area contributed by atoms with Crippen LogP contribution < -0.4 is 0 Å². The highest BCUT2D eigenvalue weighted by atomic mass is 16.6. The fourth-order valence-corrected chi connectivity index (χ4v) is 2.20. The molecule has 2 aliphatic rings. The third kappa shape index (κ3) is 1.75. The van der Waals surface area contributed by atoms with Crippen LogP contribution in [0.25, 0.3) is 0 Å². The van der Waals surface area contributed by atoms with Crippen molar-refractivity contribution in [1.29, 1.82) is 0 Å². The number of esters is 1. The van der Waals surface area contributed by atoms with E-state index in [1.54, 1.807) is 0 Å². The topological polar surface area (TPSA) is 93.1 Å². The number of ether oxygens (including phenoxy) is 2. The maximum Gasteiger partial charge on any atom is 0.337 e.